The highest BCUT2D eigenvalue weighted by Crippen LogP contribution is 2.21. The summed E-state index contributed by atoms with van der Waals surface area (Å²) in [5.74, 6) is 1.73. The smallest absolute Gasteiger partial charge is 0.261 e. The van der Waals surface area contributed by atoms with Crippen molar-refractivity contribution in [3.63, 3.8) is 0 Å². The predicted octanol–water partition coefficient (Wildman–Crippen LogP) is 5.11. The van der Waals surface area contributed by atoms with Crippen molar-refractivity contribution in [2.75, 3.05) is 6.61 Å². The Hall–Kier alpha value is -3.12. The molecule has 0 aliphatic rings. The lowest BCUT2D eigenvalue weighted by Gasteiger charge is -2.13. The van der Waals surface area contributed by atoms with Gasteiger partial charge in [0.25, 0.3) is 5.91 Å². The summed E-state index contributed by atoms with van der Waals surface area (Å²) in [6, 6.07) is 17.9. The monoisotopic (exact) mass is 419 g/mol. The van der Waals surface area contributed by atoms with E-state index in [1.165, 1.54) is 22.5 Å². The van der Waals surface area contributed by atoms with E-state index in [1.54, 1.807) is 0 Å². The third-order valence-electron chi connectivity index (χ3n) is 5.22. The largest absolute Gasteiger partial charge is 0.493 e. The Morgan fingerprint density at radius 3 is 2.80 bits per heavy atom. The molecule has 0 spiro atoms. The van der Waals surface area contributed by atoms with Gasteiger partial charge in [0.15, 0.2) is 0 Å². The van der Waals surface area contributed by atoms with Gasteiger partial charge in [-0.1, -0.05) is 30.3 Å². The second-order valence-electron chi connectivity index (χ2n) is 7.23. The highest BCUT2D eigenvalue weighted by Gasteiger charge is 2.13. The number of amides is 1. The minimum Gasteiger partial charge on any atom is -0.493 e. The van der Waals surface area contributed by atoms with Gasteiger partial charge < -0.3 is 14.6 Å². The molecule has 0 atom stereocenters. The van der Waals surface area contributed by atoms with Crippen molar-refractivity contribution in [2.24, 2.45) is 0 Å². The fourth-order valence-corrected chi connectivity index (χ4v) is 4.09. The molecular formula is C24H25N3O2S. The summed E-state index contributed by atoms with van der Waals surface area (Å²) < 4.78 is 8.19. The number of aryl methyl sites for hydroxylation is 2. The number of para-hydroxylation sites is 2. The maximum absolute atomic E-state index is 12.3. The van der Waals surface area contributed by atoms with E-state index in [-0.39, 0.29) is 5.91 Å². The Labute approximate surface area is 180 Å². The second kappa shape index (κ2) is 9.13. The Bertz CT molecular complexity index is 1150. The molecule has 4 rings (SSSR count). The van der Waals surface area contributed by atoms with E-state index >= 15 is 0 Å². The lowest BCUT2D eigenvalue weighted by atomic mass is 10.1. The van der Waals surface area contributed by atoms with E-state index in [1.807, 2.05) is 47.8 Å². The number of aromatic nitrogens is 2. The molecule has 0 saturated heterocycles. The van der Waals surface area contributed by atoms with Gasteiger partial charge in [0.2, 0.25) is 0 Å². The number of imidazole rings is 1. The van der Waals surface area contributed by atoms with Crippen molar-refractivity contribution < 1.29 is 9.53 Å². The van der Waals surface area contributed by atoms with Crippen LogP contribution in [0.15, 0.2) is 60.0 Å². The Morgan fingerprint density at radius 2 is 1.97 bits per heavy atom. The van der Waals surface area contributed by atoms with Crippen molar-refractivity contribution >= 4 is 28.3 Å². The van der Waals surface area contributed by atoms with Crippen LogP contribution < -0.4 is 10.1 Å². The third kappa shape index (κ3) is 4.39. The molecular weight excluding hydrogens is 394 g/mol. The molecule has 4 aromatic rings. The highest BCUT2D eigenvalue weighted by atomic mass is 32.1. The van der Waals surface area contributed by atoms with Crippen LogP contribution in [0.2, 0.25) is 0 Å². The van der Waals surface area contributed by atoms with Crippen LogP contribution in [0.25, 0.3) is 11.0 Å². The van der Waals surface area contributed by atoms with Crippen LogP contribution in [0.3, 0.4) is 0 Å². The van der Waals surface area contributed by atoms with Gasteiger partial charge in [-0.3, -0.25) is 4.79 Å². The quantitative estimate of drug-likeness (QED) is 0.404. The van der Waals surface area contributed by atoms with Crippen LogP contribution >= 0.6 is 11.3 Å². The molecule has 0 unspecified atom stereocenters. The van der Waals surface area contributed by atoms with E-state index in [0.717, 1.165) is 35.6 Å². The van der Waals surface area contributed by atoms with E-state index in [4.69, 9.17) is 9.72 Å². The Kier molecular flexibility index (Phi) is 6.14. The van der Waals surface area contributed by atoms with Gasteiger partial charge >= 0.3 is 0 Å². The number of thiophene rings is 1. The van der Waals surface area contributed by atoms with Crippen LogP contribution in [-0.4, -0.2) is 22.1 Å². The summed E-state index contributed by atoms with van der Waals surface area (Å²) in [7, 11) is 0. The zero-order valence-electron chi connectivity index (χ0n) is 17.2. The molecule has 2 heterocycles. The van der Waals surface area contributed by atoms with Gasteiger partial charge in [-0.25, -0.2) is 4.98 Å². The first kappa shape index (κ1) is 20.2. The third-order valence-corrected chi connectivity index (χ3v) is 6.09. The van der Waals surface area contributed by atoms with Crippen molar-refractivity contribution in [3.05, 3.63) is 81.8 Å². The summed E-state index contributed by atoms with van der Waals surface area (Å²) in [5, 5.41) is 4.89. The van der Waals surface area contributed by atoms with Crippen LogP contribution in [0.4, 0.5) is 0 Å². The summed E-state index contributed by atoms with van der Waals surface area (Å²) in [6.45, 7) is 5.97. The normalized spacial score (nSPS) is 11.0. The number of hydrogen-bond donors (Lipinski definition) is 1. The Balaban J connectivity index is 1.43. The fraction of sp³-hybridized carbons (Fsp3) is 0.250. The highest BCUT2D eigenvalue weighted by molar-refractivity contribution is 7.12. The van der Waals surface area contributed by atoms with Crippen LogP contribution in [0.5, 0.6) is 5.75 Å². The zero-order chi connectivity index (χ0) is 20.9. The second-order valence-corrected chi connectivity index (χ2v) is 8.18. The first-order valence-electron chi connectivity index (χ1n) is 10.1. The van der Waals surface area contributed by atoms with Crippen molar-refractivity contribution in [2.45, 2.75) is 33.4 Å². The summed E-state index contributed by atoms with van der Waals surface area (Å²) in [6.07, 6.45) is 0.847. The van der Waals surface area contributed by atoms with E-state index in [0.29, 0.717) is 18.0 Å². The lowest BCUT2D eigenvalue weighted by molar-refractivity contribution is 0.0953. The standard InChI is InChI=1S/C24H25N3O2S/c1-17-8-5-11-21(18(17)2)29-14-7-13-27-20-10-4-3-9-19(20)26-23(27)16-25-24(28)22-12-6-15-30-22/h3-6,8-12,15H,7,13-14,16H2,1-2H3,(H,25,28). The first-order valence-corrected chi connectivity index (χ1v) is 11.0. The number of nitrogens with one attached hydrogen (secondary N) is 1. The molecule has 1 N–H and O–H groups in total. The number of fused-ring (bicyclic) bond motifs is 1. The van der Waals surface area contributed by atoms with Crippen molar-refractivity contribution in [1.29, 1.82) is 0 Å². The number of hydrogen-bond acceptors (Lipinski definition) is 4. The zero-order valence-corrected chi connectivity index (χ0v) is 18.0. The number of ether oxygens (including phenoxy) is 1. The SMILES string of the molecule is Cc1cccc(OCCCn2c(CNC(=O)c3cccs3)nc3ccccc32)c1C. The van der Waals surface area contributed by atoms with Crippen molar-refractivity contribution in [3.8, 4) is 5.75 Å². The van der Waals surface area contributed by atoms with Gasteiger partial charge in [0.1, 0.15) is 11.6 Å². The van der Waals surface area contributed by atoms with Gasteiger partial charge in [-0.2, -0.15) is 0 Å². The fourth-order valence-electron chi connectivity index (χ4n) is 3.45. The van der Waals surface area contributed by atoms with E-state index < -0.39 is 0 Å². The molecule has 0 aliphatic heterocycles. The number of nitrogens with zero attached hydrogens (tertiary/aromatic N) is 2. The number of carbonyl (C=O) groups is 1. The number of benzene rings is 2. The molecule has 154 valence electrons. The maximum atomic E-state index is 12.3. The molecule has 30 heavy (non-hydrogen) atoms. The average Bonchev–Trinajstić information content (AvgIpc) is 3.41. The molecule has 0 saturated carbocycles. The molecule has 2 aromatic heterocycles. The summed E-state index contributed by atoms with van der Waals surface area (Å²) >= 11 is 1.44. The topological polar surface area (TPSA) is 56.1 Å². The van der Waals surface area contributed by atoms with E-state index in [9.17, 15) is 4.79 Å². The number of carbonyl (C=O) groups excluding carboxylic acids is 1. The molecule has 0 radical (unpaired) electrons. The Morgan fingerprint density at radius 1 is 1.10 bits per heavy atom. The van der Waals surface area contributed by atoms with Gasteiger partial charge in [-0.05, 0) is 61.0 Å². The minimum absolute atomic E-state index is 0.0677. The van der Waals surface area contributed by atoms with Gasteiger partial charge in [-0.15, -0.1) is 11.3 Å². The molecule has 6 heteroatoms. The van der Waals surface area contributed by atoms with Crippen LogP contribution in [0, 0.1) is 13.8 Å². The molecule has 0 bridgehead atoms. The summed E-state index contributed by atoms with van der Waals surface area (Å²) in [4.78, 5) is 17.8. The van der Waals surface area contributed by atoms with Gasteiger partial charge in [0, 0.05) is 6.54 Å². The lowest BCUT2D eigenvalue weighted by Crippen LogP contribution is -2.24. The van der Waals surface area contributed by atoms with Crippen LogP contribution in [0.1, 0.15) is 33.0 Å². The van der Waals surface area contributed by atoms with Crippen molar-refractivity contribution in [1.82, 2.24) is 14.9 Å². The molecule has 5 nitrogen and oxygen atoms in total. The minimum atomic E-state index is -0.0677. The van der Waals surface area contributed by atoms with E-state index in [2.05, 4.69) is 35.9 Å². The molecule has 0 aliphatic carbocycles. The number of rotatable bonds is 8. The summed E-state index contributed by atoms with van der Waals surface area (Å²) in [5.41, 5.74) is 4.43. The van der Waals surface area contributed by atoms with Gasteiger partial charge in [0.05, 0.1) is 29.1 Å². The van der Waals surface area contributed by atoms with Crippen LogP contribution in [-0.2, 0) is 13.1 Å². The maximum Gasteiger partial charge on any atom is 0.261 e. The average molecular weight is 420 g/mol. The molecule has 0 fully saturated rings. The first-order chi connectivity index (χ1) is 14.6. The predicted molar refractivity (Wildman–Crippen MR) is 121 cm³/mol. The molecule has 2 aromatic carbocycles. The molecule has 1 amide bonds.